The van der Waals surface area contributed by atoms with E-state index in [1.165, 1.54) is 0 Å². The van der Waals surface area contributed by atoms with Gasteiger partial charge in [-0.3, -0.25) is 0 Å². The molecule has 0 saturated carbocycles. The van der Waals surface area contributed by atoms with Crippen molar-refractivity contribution in [2.24, 2.45) is 0 Å². The van der Waals surface area contributed by atoms with Gasteiger partial charge in [-0.05, 0) is 33.7 Å². The van der Waals surface area contributed by atoms with Crippen molar-refractivity contribution in [3.05, 3.63) is 5.89 Å². The molecule has 17 heavy (non-hydrogen) atoms. The van der Waals surface area contributed by atoms with Crippen LogP contribution in [0.5, 0.6) is 0 Å². The lowest BCUT2D eigenvalue weighted by Gasteiger charge is -2.06. The molecule has 0 saturated heterocycles. The molecule has 1 heterocycles. The zero-order valence-corrected chi connectivity index (χ0v) is 10.8. The number of anilines is 1. The number of hydrogen-bond donors (Lipinski definition) is 2. The summed E-state index contributed by atoms with van der Waals surface area (Å²) in [5, 5.41) is 13.8. The molecular formula is C11H22N4O2. The Kier molecular flexibility index (Phi) is 6.57. The molecular weight excluding hydrogens is 220 g/mol. The van der Waals surface area contributed by atoms with Gasteiger partial charge in [0.05, 0.1) is 12.6 Å². The number of hydrogen-bond acceptors (Lipinski definition) is 6. The second-order valence-electron chi connectivity index (χ2n) is 4.08. The molecule has 0 aliphatic carbocycles. The number of unbranched alkanes of at least 4 members (excludes halogenated alkanes) is 1. The summed E-state index contributed by atoms with van der Waals surface area (Å²) in [5.41, 5.74) is 0. The maximum Gasteiger partial charge on any atom is 0.315 e. The average molecular weight is 242 g/mol. The first-order valence-electron chi connectivity index (χ1n) is 6.05. The first-order chi connectivity index (χ1) is 8.22. The fraction of sp³-hybridized carbons (Fsp3) is 0.818. The van der Waals surface area contributed by atoms with E-state index in [2.05, 4.69) is 20.8 Å². The van der Waals surface area contributed by atoms with Crippen molar-refractivity contribution in [1.82, 2.24) is 15.5 Å². The van der Waals surface area contributed by atoms with Crippen LogP contribution < -0.4 is 10.6 Å². The molecule has 0 aliphatic rings. The van der Waals surface area contributed by atoms with Crippen LogP contribution in [0, 0.1) is 0 Å². The highest BCUT2D eigenvalue weighted by molar-refractivity contribution is 5.16. The maximum atomic E-state index is 5.44. The molecule has 0 unspecified atom stereocenters. The fourth-order valence-corrected chi connectivity index (χ4v) is 1.29. The summed E-state index contributed by atoms with van der Waals surface area (Å²) in [4.78, 5) is 0. The van der Waals surface area contributed by atoms with Crippen LogP contribution in [0.15, 0.2) is 4.42 Å². The number of nitrogens with zero attached hydrogens (tertiary/aromatic N) is 2. The molecule has 0 radical (unpaired) electrons. The third kappa shape index (κ3) is 6.23. The predicted molar refractivity (Wildman–Crippen MR) is 65.9 cm³/mol. The lowest BCUT2D eigenvalue weighted by atomic mass is 10.3. The first-order valence-corrected chi connectivity index (χ1v) is 6.05. The number of rotatable bonds is 9. The fourth-order valence-electron chi connectivity index (χ4n) is 1.29. The van der Waals surface area contributed by atoms with E-state index >= 15 is 0 Å². The molecule has 6 heteroatoms. The molecule has 98 valence electrons. The van der Waals surface area contributed by atoms with E-state index in [1.807, 2.05) is 20.9 Å². The Hall–Kier alpha value is -1.14. The molecule has 0 atom stereocenters. The van der Waals surface area contributed by atoms with Crippen LogP contribution in [0.2, 0.25) is 0 Å². The highest BCUT2D eigenvalue weighted by atomic mass is 16.5. The van der Waals surface area contributed by atoms with Crippen LogP contribution in [0.25, 0.3) is 0 Å². The van der Waals surface area contributed by atoms with Gasteiger partial charge in [0.1, 0.15) is 0 Å². The lowest BCUT2D eigenvalue weighted by molar-refractivity contribution is 0.0765. The Balaban J connectivity index is 2.05. The quantitative estimate of drug-likeness (QED) is 0.638. The Morgan fingerprint density at radius 1 is 1.29 bits per heavy atom. The summed E-state index contributed by atoms with van der Waals surface area (Å²) in [7, 11) is 1.84. The molecule has 0 spiro atoms. The van der Waals surface area contributed by atoms with E-state index in [0.29, 0.717) is 24.6 Å². The predicted octanol–water partition coefficient (Wildman–Crippen LogP) is 1.41. The van der Waals surface area contributed by atoms with E-state index in [0.717, 1.165) is 26.0 Å². The zero-order chi connectivity index (χ0) is 12.5. The van der Waals surface area contributed by atoms with Crippen molar-refractivity contribution in [2.75, 3.05) is 25.5 Å². The van der Waals surface area contributed by atoms with Crippen molar-refractivity contribution in [3.8, 4) is 0 Å². The number of ether oxygens (including phenoxy) is 1. The molecule has 0 aliphatic heterocycles. The minimum atomic E-state index is 0.308. The Morgan fingerprint density at radius 2 is 2.12 bits per heavy atom. The third-order valence-corrected chi connectivity index (χ3v) is 2.09. The average Bonchev–Trinajstić information content (AvgIpc) is 2.71. The molecule has 6 nitrogen and oxygen atoms in total. The van der Waals surface area contributed by atoms with Crippen molar-refractivity contribution in [2.45, 2.75) is 39.3 Å². The van der Waals surface area contributed by atoms with E-state index in [1.54, 1.807) is 0 Å². The van der Waals surface area contributed by atoms with Crippen LogP contribution in [-0.4, -0.2) is 36.5 Å². The van der Waals surface area contributed by atoms with Crippen LogP contribution in [0.1, 0.15) is 32.6 Å². The highest BCUT2D eigenvalue weighted by Gasteiger charge is 2.03. The third-order valence-electron chi connectivity index (χ3n) is 2.09. The summed E-state index contributed by atoms with van der Waals surface area (Å²) in [6, 6.07) is 0.486. The van der Waals surface area contributed by atoms with Gasteiger partial charge in [0.25, 0.3) is 0 Å². The van der Waals surface area contributed by atoms with Crippen molar-refractivity contribution < 1.29 is 9.15 Å². The monoisotopic (exact) mass is 242 g/mol. The molecule has 2 N–H and O–H groups in total. The zero-order valence-electron chi connectivity index (χ0n) is 10.8. The summed E-state index contributed by atoms with van der Waals surface area (Å²) in [6.07, 6.45) is 2.36. The van der Waals surface area contributed by atoms with Crippen molar-refractivity contribution in [1.29, 1.82) is 0 Å². The van der Waals surface area contributed by atoms with E-state index in [-0.39, 0.29) is 0 Å². The van der Waals surface area contributed by atoms with Gasteiger partial charge >= 0.3 is 6.01 Å². The smallest absolute Gasteiger partial charge is 0.315 e. The number of nitrogens with one attached hydrogen (secondary N) is 2. The van der Waals surface area contributed by atoms with Gasteiger partial charge in [0, 0.05) is 13.2 Å². The van der Waals surface area contributed by atoms with Crippen LogP contribution >= 0.6 is 0 Å². The van der Waals surface area contributed by atoms with Gasteiger partial charge in [0.15, 0.2) is 0 Å². The first kappa shape index (κ1) is 13.9. The molecule has 0 aromatic carbocycles. The molecule has 0 bridgehead atoms. The normalized spacial score (nSPS) is 11.1. The SMILES string of the molecule is CNCc1nnc(NCCCCOC(C)C)o1. The van der Waals surface area contributed by atoms with Gasteiger partial charge in [0.2, 0.25) is 5.89 Å². The summed E-state index contributed by atoms with van der Waals surface area (Å²) >= 11 is 0. The molecule has 0 amide bonds. The maximum absolute atomic E-state index is 5.44. The summed E-state index contributed by atoms with van der Waals surface area (Å²) in [6.45, 7) is 6.30. The highest BCUT2D eigenvalue weighted by Crippen LogP contribution is 2.05. The molecule has 1 aromatic rings. The Labute approximate surface area is 102 Å². The van der Waals surface area contributed by atoms with Crippen LogP contribution in [0.3, 0.4) is 0 Å². The van der Waals surface area contributed by atoms with Gasteiger partial charge < -0.3 is 19.8 Å². The van der Waals surface area contributed by atoms with E-state index in [4.69, 9.17) is 9.15 Å². The van der Waals surface area contributed by atoms with Gasteiger partial charge in [-0.25, -0.2) is 0 Å². The summed E-state index contributed by atoms with van der Waals surface area (Å²) < 4.78 is 10.8. The minimum Gasteiger partial charge on any atom is -0.407 e. The van der Waals surface area contributed by atoms with Crippen molar-refractivity contribution in [3.63, 3.8) is 0 Å². The molecule has 1 rings (SSSR count). The lowest BCUT2D eigenvalue weighted by Crippen LogP contribution is -2.07. The molecule has 0 fully saturated rings. The topological polar surface area (TPSA) is 72.2 Å². The van der Waals surface area contributed by atoms with E-state index in [9.17, 15) is 0 Å². The Bertz CT molecular complexity index is 301. The Morgan fingerprint density at radius 3 is 2.82 bits per heavy atom. The second kappa shape index (κ2) is 8.03. The second-order valence-corrected chi connectivity index (χ2v) is 4.08. The minimum absolute atomic E-state index is 0.308. The van der Waals surface area contributed by atoms with Crippen molar-refractivity contribution >= 4 is 6.01 Å². The van der Waals surface area contributed by atoms with Gasteiger partial charge in [-0.15, -0.1) is 5.10 Å². The number of aromatic nitrogens is 2. The van der Waals surface area contributed by atoms with E-state index < -0.39 is 0 Å². The van der Waals surface area contributed by atoms with Crippen LogP contribution in [-0.2, 0) is 11.3 Å². The molecule has 1 aromatic heterocycles. The van der Waals surface area contributed by atoms with Gasteiger partial charge in [-0.2, -0.15) is 0 Å². The summed E-state index contributed by atoms with van der Waals surface area (Å²) in [5.74, 6) is 0.596. The van der Waals surface area contributed by atoms with Gasteiger partial charge in [-0.1, -0.05) is 5.10 Å². The largest absolute Gasteiger partial charge is 0.407 e. The standard InChI is InChI=1S/C11H22N4O2/c1-9(2)16-7-5-4-6-13-11-15-14-10(17-11)8-12-3/h9,12H,4-8H2,1-3H3,(H,13,15). The van der Waals surface area contributed by atoms with Crippen LogP contribution in [0.4, 0.5) is 6.01 Å².